The van der Waals surface area contributed by atoms with Crippen molar-refractivity contribution < 1.29 is 10.2 Å². The number of nitrogens with one attached hydrogen (secondary N) is 1. The normalized spacial score (nSPS) is 13.2. The van der Waals surface area contributed by atoms with Crippen LogP contribution in [0.3, 0.4) is 0 Å². The second kappa shape index (κ2) is 5.34. The number of thiophene rings is 1. The molecule has 1 unspecified atom stereocenters. The van der Waals surface area contributed by atoms with Gasteiger partial charge in [0, 0.05) is 13.1 Å². The van der Waals surface area contributed by atoms with E-state index < -0.39 is 6.10 Å². The molecule has 1 aromatic heterocycles. The highest BCUT2D eigenvalue weighted by Gasteiger charge is 2.02. The number of aliphatic hydroxyl groups is 2. The van der Waals surface area contributed by atoms with Crippen molar-refractivity contribution >= 4 is 11.3 Å². The van der Waals surface area contributed by atoms with Gasteiger partial charge in [0.2, 0.25) is 0 Å². The number of aryl methyl sites for hydroxylation is 1. The molecular weight excluding hydrogens is 186 g/mol. The smallest absolute Gasteiger partial charge is 0.0895 e. The summed E-state index contributed by atoms with van der Waals surface area (Å²) in [7, 11) is 0. The Bertz CT molecular complexity index is 250. The third-order valence-electron chi connectivity index (χ3n) is 1.87. The molecule has 3 N–H and O–H groups in total. The number of hydrogen-bond acceptors (Lipinski definition) is 4. The Kier molecular flexibility index (Phi) is 4.38. The van der Waals surface area contributed by atoms with E-state index in [1.54, 1.807) is 11.3 Å². The van der Waals surface area contributed by atoms with Crippen LogP contribution in [0.5, 0.6) is 0 Å². The fourth-order valence-electron chi connectivity index (χ4n) is 1.01. The lowest BCUT2D eigenvalue weighted by Crippen LogP contribution is -2.28. The minimum Gasteiger partial charge on any atom is -0.394 e. The minimum atomic E-state index is -0.654. The lowest BCUT2D eigenvalue weighted by molar-refractivity contribution is 0.0942. The number of hydrogen-bond donors (Lipinski definition) is 3. The van der Waals surface area contributed by atoms with Crippen molar-refractivity contribution in [2.45, 2.75) is 19.6 Å². The van der Waals surface area contributed by atoms with E-state index in [0.717, 1.165) is 6.54 Å². The molecule has 74 valence electrons. The Morgan fingerprint density at radius 2 is 2.31 bits per heavy atom. The Labute approximate surface area is 82.0 Å². The summed E-state index contributed by atoms with van der Waals surface area (Å²) in [5.41, 5.74) is 2.53. The Morgan fingerprint density at radius 1 is 1.54 bits per heavy atom. The standard InChI is InChI=1S/C9H15NO2S/c1-7-5-13-6-8(7)2-10-3-9(12)4-11/h5-6,9-12H,2-4H2,1H3. The van der Waals surface area contributed by atoms with Gasteiger partial charge in [-0.2, -0.15) is 11.3 Å². The van der Waals surface area contributed by atoms with Crippen LogP contribution >= 0.6 is 11.3 Å². The zero-order chi connectivity index (χ0) is 9.68. The fraction of sp³-hybridized carbons (Fsp3) is 0.556. The molecule has 0 aromatic carbocycles. The number of aliphatic hydroxyl groups excluding tert-OH is 2. The van der Waals surface area contributed by atoms with Gasteiger partial charge in [-0.15, -0.1) is 0 Å². The summed E-state index contributed by atoms with van der Waals surface area (Å²) in [6.07, 6.45) is -0.654. The summed E-state index contributed by atoms with van der Waals surface area (Å²) < 4.78 is 0. The monoisotopic (exact) mass is 201 g/mol. The van der Waals surface area contributed by atoms with Crippen molar-refractivity contribution in [3.8, 4) is 0 Å². The predicted molar refractivity (Wildman–Crippen MR) is 53.9 cm³/mol. The lowest BCUT2D eigenvalue weighted by atomic mass is 10.2. The van der Waals surface area contributed by atoms with Gasteiger partial charge in [0.1, 0.15) is 0 Å². The van der Waals surface area contributed by atoms with E-state index in [4.69, 9.17) is 10.2 Å². The van der Waals surface area contributed by atoms with Crippen LogP contribution in [0, 0.1) is 6.92 Å². The largest absolute Gasteiger partial charge is 0.394 e. The molecule has 1 aromatic rings. The van der Waals surface area contributed by atoms with Crippen LogP contribution in [-0.4, -0.2) is 29.5 Å². The molecule has 13 heavy (non-hydrogen) atoms. The molecule has 1 heterocycles. The average molecular weight is 201 g/mol. The van der Waals surface area contributed by atoms with Gasteiger partial charge >= 0.3 is 0 Å². The molecule has 1 rings (SSSR count). The van der Waals surface area contributed by atoms with Gasteiger partial charge in [-0.1, -0.05) is 0 Å². The Balaban J connectivity index is 2.24. The van der Waals surface area contributed by atoms with Crippen molar-refractivity contribution in [2.24, 2.45) is 0 Å². The molecule has 0 aliphatic heterocycles. The molecule has 0 aliphatic rings. The SMILES string of the molecule is Cc1cscc1CNCC(O)CO. The summed E-state index contributed by atoms with van der Waals surface area (Å²) in [6, 6.07) is 0. The molecule has 1 atom stereocenters. The zero-order valence-corrected chi connectivity index (χ0v) is 8.47. The molecule has 0 fully saturated rings. The summed E-state index contributed by atoms with van der Waals surface area (Å²) in [4.78, 5) is 0. The highest BCUT2D eigenvalue weighted by Crippen LogP contribution is 2.12. The van der Waals surface area contributed by atoms with Gasteiger partial charge in [-0.05, 0) is 28.8 Å². The summed E-state index contributed by atoms with van der Waals surface area (Å²) >= 11 is 1.68. The summed E-state index contributed by atoms with van der Waals surface area (Å²) in [6.45, 7) is 3.07. The minimum absolute atomic E-state index is 0.185. The average Bonchev–Trinajstić information content (AvgIpc) is 2.52. The topological polar surface area (TPSA) is 52.5 Å². The zero-order valence-electron chi connectivity index (χ0n) is 7.66. The summed E-state index contributed by atoms with van der Waals surface area (Å²) in [5, 5.41) is 24.9. The molecule has 0 bridgehead atoms. The van der Waals surface area contributed by atoms with E-state index >= 15 is 0 Å². The number of rotatable bonds is 5. The second-order valence-electron chi connectivity index (χ2n) is 3.05. The van der Waals surface area contributed by atoms with Crippen LogP contribution in [0.15, 0.2) is 10.8 Å². The van der Waals surface area contributed by atoms with Crippen molar-refractivity contribution in [3.63, 3.8) is 0 Å². The van der Waals surface area contributed by atoms with Crippen LogP contribution < -0.4 is 5.32 Å². The van der Waals surface area contributed by atoms with Gasteiger partial charge < -0.3 is 15.5 Å². The van der Waals surface area contributed by atoms with E-state index in [-0.39, 0.29) is 6.61 Å². The van der Waals surface area contributed by atoms with Crippen molar-refractivity contribution in [3.05, 3.63) is 21.9 Å². The molecule has 0 amide bonds. The maximum atomic E-state index is 9.05. The second-order valence-corrected chi connectivity index (χ2v) is 3.79. The Hall–Kier alpha value is -0.420. The van der Waals surface area contributed by atoms with Gasteiger partial charge in [0.05, 0.1) is 12.7 Å². The van der Waals surface area contributed by atoms with Crippen molar-refractivity contribution in [1.82, 2.24) is 5.32 Å². The highest BCUT2D eigenvalue weighted by atomic mass is 32.1. The lowest BCUT2D eigenvalue weighted by Gasteiger charge is -2.08. The van der Waals surface area contributed by atoms with Crippen LogP contribution in [0.4, 0.5) is 0 Å². The first-order chi connectivity index (χ1) is 6.24. The molecular formula is C9H15NO2S. The van der Waals surface area contributed by atoms with Crippen LogP contribution in [0.25, 0.3) is 0 Å². The quantitative estimate of drug-likeness (QED) is 0.650. The third-order valence-corrected chi connectivity index (χ3v) is 2.78. The van der Waals surface area contributed by atoms with Crippen LogP contribution in [0.2, 0.25) is 0 Å². The molecule has 0 radical (unpaired) electrons. The van der Waals surface area contributed by atoms with Crippen molar-refractivity contribution in [2.75, 3.05) is 13.2 Å². The van der Waals surface area contributed by atoms with Gasteiger partial charge in [0.15, 0.2) is 0 Å². The highest BCUT2D eigenvalue weighted by molar-refractivity contribution is 7.08. The van der Waals surface area contributed by atoms with E-state index in [2.05, 4.69) is 23.0 Å². The molecule has 0 spiro atoms. The first kappa shape index (κ1) is 10.7. The molecule has 0 saturated carbocycles. The molecule has 0 aliphatic carbocycles. The maximum absolute atomic E-state index is 9.05. The Morgan fingerprint density at radius 3 is 2.85 bits per heavy atom. The first-order valence-corrected chi connectivity index (χ1v) is 5.19. The predicted octanol–water partition coefficient (Wildman–Crippen LogP) is 0.499. The summed E-state index contributed by atoms with van der Waals surface area (Å²) in [5.74, 6) is 0. The van der Waals surface area contributed by atoms with E-state index in [1.165, 1.54) is 11.1 Å². The molecule has 3 nitrogen and oxygen atoms in total. The fourth-order valence-corrected chi connectivity index (χ4v) is 1.86. The molecule has 0 saturated heterocycles. The van der Waals surface area contributed by atoms with Gasteiger partial charge in [-0.3, -0.25) is 0 Å². The van der Waals surface area contributed by atoms with Gasteiger partial charge in [0.25, 0.3) is 0 Å². The molecule has 4 heteroatoms. The van der Waals surface area contributed by atoms with E-state index in [9.17, 15) is 0 Å². The van der Waals surface area contributed by atoms with Crippen LogP contribution in [0.1, 0.15) is 11.1 Å². The van der Waals surface area contributed by atoms with E-state index in [1.807, 2.05) is 0 Å². The van der Waals surface area contributed by atoms with Crippen LogP contribution in [-0.2, 0) is 6.54 Å². The third kappa shape index (κ3) is 3.44. The van der Waals surface area contributed by atoms with Gasteiger partial charge in [-0.25, -0.2) is 0 Å². The maximum Gasteiger partial charge on any atom is 0.0895 e. The first-order valence-electron chi connectivity index (χ1n) is 4.25. The van der Waals surface area contributed by atoms with E-state index in [0.29, 0.717) is 6.54 Å². The van der Waals surface area contributed by atoms with Crippen molar-refractivity contribution in [1.29, 1.82) is 0 Å².